The van der Waals surface area contributed by atoms with Gasteiger partial charge in [0.2, 0.25) is 0 Å². The molecule has 0 aliphatic carbocycles. The van der Waals surface area contributed by atoms with E-state index in [0.717, 1.165) is 12.3 Å². The number of hydrogen-bond donors (Lipinski definition) is 0. The van der Waals surface area contributed by atoms with Gasteiger partial charge in [0.15, 0.2) is 0 Å². The van der Waals surface area contributed by atoms with Gasteiger partial charge in [0.25, 0.3) is 0 Å². The van der Waals surface area contributed by atoms with Crippen molar-refractivity contribution in [3.8, 4) is 0 Å². The van der Waals surface area contributed by atoms with Crippen molar-refractivity contribution in [2.45, 2.75) is 40.0 Å². The molecule has 2 heteroatoms. The first-order valence-corrected chi connectivity index (χ1v) is 4.55. The summed E-state index contributed by atoms with van der Waals surface area (Å²) in [4.78, 5) is 9.89. The lowest BCUT2D eigenvalue weighted by Gasteiger charge is -2.19. The Bertz CT molecular complexity index is 104. The van der Waals surface area contributed by atoms with Crippen molar-refractivity contribution in [1.82, 2.24) is 0 Å². The molecular weight excluding hydrogens is 138 g/mol. The minimum absolute atomic E-state index is 0.489. The third-order valence-electron chi connectivity index (χ3n) is 2.56. The van der Waals surface area contributed by atoms with Crippen LogP contribution < -0.4 is 0 Å². The van der Waals surface area contributed by atoms with Gasteiger partial charge in [-0.1, -0.05) is 38.8 Å². The number of nitroso groups, excluding NO2 is 1. The highest BCUT2D eigenvalue weighted by Gasteiger charge is 2.12. The molecule has 2 nitrogen and oxygen atoms in total. The first-order valence-electron chi connectivity index (χ1n) is 4.55. The first-order chi connectivity index (χ1) is 5.26. The smallest absolute Gasteiger partial charge is 0.0813 e. The van der Waals surface area contributed by atoms with Crippen LogP contribution >= 0.6 is 0 Å². The fourth-order valence-corrected chi connectivity index (χ4v) is 1.44. The second-order valence-corrected chi connectivity index (χ2v) is 3.20. The molecule has 0 saturated carbocycles. The van der Waals surface area contributed by atoms with Gasteiger partial charge in [-0.3, -0.25) is 0 Å². The average Bonchev–Trinajstić information content (AvgIpc) is 2.05. The molecule has 0 aromatic rings. The van der Waals surface area contributed by atoms with E-state index in [4.69, 9.17) is 0 Å². The van der Waals surface area contributed by atoms with Crippen LogP contribution in [0.1, 0.15) is 40.0 Å². The van der Waals surface area contributed by atoms with Gasteiger partial charge < -0.3 is 0 Å². The summed E-state index contributed by atoms with van der Waals surface area (Å²) in [6.07, 6.45) is 3.34. The lowest BCUT2D eigenvalue weighted by atomic mass is 9.87. The Hall–Kier alpha value is -0.400. The Kier molecular flexibility index (Phi) is 6.09. The second kappa shape index (κ2) is 6.32. The molecule has 0 aliphatic heterocycles. The van der Waals surface area contributed by atoms with Gasteiger partial charge in [-0.25, -0.2) is 0 Å². The Morgan fingerprint density at radius 1 is 1.27 bits per heavy atom. The Labute approximate surface area is 69.4 Å². The van der Waals surface area contributed by atoms with Crippen molar-refractivity contribution in [1.29, 1.82) is 0 Å². The quantitative estimate of drug-likeness (QED) is 0.544. The third-order valence-corrected chi connectivity index (χ3v) is 2.56. The molecule has 66 valence electrons. The minimum Gasteiger partial charge on any atom is -0.151 e. The topological polar surface area (TPSA) is 29.4 Å². The summed E-state index contributed by atoms with van der Waals surface area (Å²) in [5, 5.41) is 2.89. The molecule has 0 N–H and O–H groups in total. The van der Waals surface area contributed by atoms with Gasteiger partial charge in [-0.05, 0) is 18.3 Å². The van der Waals surface area contributed by atoms with E-state index in [-0.39, 0.29) is 0 Å². The van der Waals surface area contributed by atoms with Crippen LogP contribution in [0.25, 0.3) is 0 Å². The molecule has 2 atom stereocenters. The van der Waals surface area contributed by atoms with Crippen molar-refractivity contribution in [3.05, 3.63) is 4.91 Å². The van der Waals surface area contributed by atoms with Gasteiger partial charge >= 0.3 is 0 Å². The van der Waals surface area contributed by atoms with Crippen molar-refractivity contribution >= 4 is 0 Å². The molecule has 0 saturated heterocycles. The summed E-state index contributed by atoms with van der Waals surface area (Å²) in [6, 6.07) is 0. The molecule has 0 heterocycles. The molecule has 0 rings (SSSR count). The number of nitrogens with zero attached hydrogens (tertiary/aromatic N) is 1. The Morgan fingerprint density at radius 2 is 1.91 bits per heavy atom. The molecule has 0 amide bonds. The van der Waals surface area contributed by atoms with E-state index >= 15 is 0 Å². The molecule has 0 fully saturated rings. The summed E-state index contributed by atoms with van der Waals surface area (Å²) in [7, 11) is 0. The van der Waals surface area contributed by atoms with E-state index in [1.54, 1.807) is 0 Å². The summed E-state index contributed by atoms with van der Waals surface area (Å²) in [5.41, 5.74) is 0. The SMILES string of the molecule is CC[C@H](CCN=O)[C@H](C)CC. The third kappa shape index (κ3) is 4.12. The van der Waals surface area contributed by atoms with Crippen LogP contribution in [0.2, 0.25) is 0 Å². The van der Waals surface area contributed by atoms with Crippen molar-refractivity contribution in [3.63, 3.8) is 0 Å². The molecule has 0 aromatic carbocycles. The summed E-state index contributed by atoms with van der Waals surface area (Å²) in [6.45, 7) is 7.12. The van der Waals surface area contributed by atoms with Gasteiger partial charge in [0, 0.05) is 0 Å². The van der Waals surface area contributed by atoms with E-state index in [1.807, 2.05) is 0 Å². The van der Waals surface area contributed by atoms with Crippen LogP contribution in [0.3, 0.4) is 0 Å². The molecule has 0 aliphatic rings. The predicted molar refractivity (Wildman–Crippen MR) is 48.5 cm³/mol. The van der Waals surface area contributed by atoms with Crippen LogP contribution in [0.15, 0.2) is 5.18 Å². The molecule has 0 aromatic heterocycles. The minimum atomic E-state index is 0.489. The number of rotatable bonds is 6. The molecule has 0 unspecified atom stereocenters. The fraction of sp³-hybridized carbons (Fsp3) is 1.00. The van der Waals surface area contributed by atoms with Crippen LogP contribution in [0, 0.1) is 16.7 Å². The highest BCUT2D eigenvalue weighted by atomic mass is 16.3. The van der Waals surface area contributed by atoms with Crippen molar-refractivity contribution < 1.29 is 0 Å². The monoisotopic (exact) mass is 157 g/mol. The maximum absolute atomic E-state index is 9.89. The maximum Gasteiger partial charge on any atom is 0.0813 e. The average molecular weight is 157 g/mol. The zero-order valence-electron chi connectivity index (χ0n) is 7.84. The molecule has 0 bridgehead atoms. The largest absolute Gasteiger partial charge is 0.151 e. The van der Waals surface area contributed by atoms with Gasteiger partial charge in [0.05, 0.1) is 6.54 Å². The van der Waals surface area contributed by atoms with Gasteiger partial charge in [-0.15, -0.1) is 0 Å². The zero-order chi connectivity index (χ0) is 8.69. The summed E-state index contributed by atoms with van der Waals surface area (Å²) >= 11 is 0. The maximum atomic E-state index is 9.89. The Morgan fingerprint density at radius 3 is 2.27 bits per heavy atom. The second-order valence-electron chi connectivity index (χ2n) is 3.20. The highest BCUT2D eigenvalue weighted by Crippen LogP contribution is 2.21. The first kappa shape index (κ1) is 10.6. The van der Waals surface area contributed by atoms with E-state index in [0.29, 0.717) is 12.5 Å². The predicted octanol–water partition coefficient (Wildman–Crippen LogP) is 3.22. The van der Waals surface area contributed by atoms with Crippen LogP contribution in [-0.2, 0) is 0 Å². The lowest BCUT2D eigenvalue weighted by molar-refractivity contribution is 0.322. The van der Waals surface area contributed by atoms with E-state index in [9.17, 15) is 4.91 Å². The standard InChI is InChI=1S/C9H19NO/c1-4-8(3)9(5-2)6-7-10-11/h8-9H,4-7H2,1-3H3/t8-,9-/m1/s1. The Balaban J connectivity index is 3.64. The summed E-state index contributed by atoms with van der Waals surface area (Å²) < 4.78 is 0. The zero-order valence-corrected chi connectivity index (χ0v) is 7.84. The van der Waals surface area contributed by atoms with E-state index < -0.39 is 0 Å². The van der Waals surface area contributed by atoms with Gasteiger partial charge in [0.1, 0.15) is 0 Å². The number of hydrogen-bond acceptors (Lipinski definition) is 2. The highest BCUT2D eigenvalue weighted by molar-refractivity contribution is 4.64. The van der Waals surface area contributed by atoms with E-state index in [1.165, 1.54) is 12.8 Å². The van der Waals surface area contributed by atoms with Crippen LogP contribution in [-0.4, -0.2) is 6.54 Å². The van der Waals surface area contributed by atoms with E-state index in [2.05, 4.69) is 25.9 Å². The molecule has 0 spiro atoms. The lowest BCUT2D eigenvalue weighted by Crippen LogP contribution is -2.10. The van der Waals surface area contributed by atoms with Crippen molar-refractivity contribution in [2.75, 3.05) is 6.54 Å². The van der Waals surface area contributed by atoms with Crippen molar-refractivity contribution in [2.24, 2.45) is 17.0 Å². The molecule has 0 radical (unpaired) electrons. The fourth-order valence-electron chi connectivity index (χ4n) is 1.44. The molecular formula is C9H19NO. The normalized spacial score (nSPS) is 15.9. The van der Waals surface area contributed by atoms with Gasteiger partial charge in [-0.2, -0.15) is 4.91 Å². The van der Waals surface area contributed by atoms with Crippen LogP contribution in [0.5, 0.6) is 0 Å². The summed E-state index contributed by atoms with van der Waals surface area (Å²) in [5.74, 6) is 1.43. The molecule has 11 heavy (non-hydrogen) atoms. The van der Waals surface area contributed by atoms with Crippen LogP contribution in [0.4, 0.5) is 0 Å².